The largest absolute Gasteiger partial charge is 0.324 e. The number of carbonyl (C=O) groups excluding carboxylic acids is 1. The fourth-order valence-corrected chi connectivity index (χ4v) is 3.31. The third kappa shape index (κ3) is 3.20. The lowest BCUT2D eigenvalue weighted by atomic mass is 9.99. The molecule has 2 aromatic heterocycles. The van der Waals surface area contributed by atoms with Crippen LogP contribution < -0.4 is 0 Å². The Hall–Kier alpha value is -3.46. The molecule has 0 atom stereocenters. The van der Waals surface area contributed by atoms with E-state index in [1.807, 2.05) is 16.8 Å². The highest BCUT2D eigenvalue weighted by Gasteiger charge is 2.27. The Bertz CT molecular complexity index is 1050. The van der Waals surface area contributed by atoms with Crippen LogP contribution in [0.4, 0.5) is 4.39 Å². The molecule has 0 saturated heterocycles. The summed E-state index contributed by atoms with van der Waals surface area (Å²) in [7, 11) is 0. The molecule has 0 spiro atoms. The van der Waals surface area contributed by atoms with Crippen molar-refractivity contribution in [2.75, 3.05) is 6.54 Å². The lowest BCUT2D eigenvalue weighted by Crippen LogP contribution is -2.37. The molecule has 0 saturated carbocycles. The zero-order valence-electron chi connectivity index (χ0n) is 14.8. The standard InChI is InChI=1S/C21H17FN4O/c1-2-3-19(27)25-12-13-26-18(14-25)20(15-8-10-23-11-9-15)21(24-26)16-4-6-17(22)7-5-16/h4-11H,12-14H2,1H3. The minimum Gasteiger partial charge on any atom is -0.324 e. The van der Waals surface area contributed by atoms with Crippen LogP contribution in [0.15, 0.2) is 48.8 Å². The number of pyridine rings is 1. The van der Waals surface area contributed by atoms with Crippen molar-refractivity contribution < 1.29 is 9.18 Å². The van der Waals surface area contributed by atoms with E-state index in [1.54, 1.807) is 36.4 Å². The SMILES string of the molecule is CC#CC(=O)N1CCn2nc(-c3ccc(F)cc3)c(-c3ccncc3)c2C1. The normalized spacial score (nSPS) is 12.9. The molecule has 0 aliphatic carbocycles. The van der Waals surface area contributed by atoms with E-state index in [2.05, 4.69) is 16.8 Å². The summed E-state index contributed by atoms with van der Waals surface area (Å²) in [6.45, 7) is 3.23. The molecule has 1 aromatic carbocycles. The summed E-state index contributed by atoms with van der Waals surface area (Å²) >= 11 is 0. The summed E-state index contributed by atoms with van der Waals surface area (Å²) in [6.07, 6.45) is 3.45. The zero-order valence-corrected chi connectivity index (χ0v) is 14.8. The van der Waals surface area contributed by atoms with E-state index in [0.717, 1.165) is 28.1 Å². The number of aromatic nitrogens is 3. The number of hydrogen-bond donors (Lipinski definition) is 0. The van der Waals surface area contributed by atoms with Gasteiger partial charge in [0, 0.05) is 30.1 Å². The van der Waals surface area contributed by atoms with Crippen LogP contribution in [0.5, 0.6) is 0 Å². The van der Waals surface area contributed by atoms with Crippen LogP contribution in [0, 0.1) is 17.7 Å². The van der Waals surface area contributed by atoms with Gasteiger partial charge < -0.3 is 4.90 Å². The number of amides is 1. The van der Waals surface area contributed by atoms with E-state index in [1.165, 1.54) is 12.1 Å². The number of benzene rings is 1. The Balaban J connectivity index is 1.85. The first-order chi connectivity index (χ1) is 13.2. The van der Waals surface area contributed by atoms with Gasteiger partial charge in [0.25, 0.3) is 5.91 Å². The molecule has 1 amide bonds. The molecule has 3 aromatic rings. The van der Waals surface area contributed by atoms with Gasteiger partial charge in [-0.25, -0.2) is 4.39 Å². The topological polar surface area (TPSA) is 51.0 Å². The van der Waals surface area contributed by atoms with E-state index >= 15 is 0 Å². The molecule has 3 heterocycles. The highest BCUT2D eigenvalue weighted by molar-refractivity contribution is 5.93. The van der Waals surface area contributed by atoms with Crippen molar-refractivity contribution in [2.45, 2.75) is 20.0 Å². The lowest BCUT2D eigenvalue weighted by Gasteiger charge is -2.26. The molecule has 6 heteroatoms. The van der Waals surface area contributed by atoms with Crippen LogP contribution >= 0.6 is 0 Å². The van der Waals surface area contributed by atoms with Crippen LogP contribution in [-0.4, -0.2) is 32.1 Å². The van der Waals surface area contributed by atoms with Crippen molar-refractivity contribution in [3.63, 3.8) is 0 Å². The number of carbonyl (C=O) groups is 1. The van der Waals surface area contributed by atoms with Crippen LogP contribution in [0.25, 0.3) is 22.4 Å². The van der Waals surface area contributed by atoms with Gasteiger partial charge in [0.1, 0.15) is 11.5 Å². The van der Waals surface area contributed by atoms with E-state index in [-0.39, 0.29) is 11.7 Å². The molecule has 0 unspecified atom stereocenters. The predicted octanol–water partition coefficient (Wildman–Crippen LogP) is 3.12. The molecule has 1 aliphatic rings. The molecule has 0 N–H and O–H groups in total. The van der Waals surface area contributed by atoms with Gasteiger partial charge in [-0.3, -0.25) is 14.5 Å². The number of halogens is 1. The van der Waals surface area contributed by atoms with Crippen molar-refractivity contribution in [1.82, 2.24) is 19.7 Å². The molecular formula is C21H17FN4O. The second-order valence-corrected chi connectivity index (χ2v) is 6.24. The van der Waals surface area contributed by atoms with Crippen LogP contribution in [0.2, 0.25) is 0 Å². The monoisotopic (exact) mass is 360 g/mol. The maximum absolute atomic E-state index is 13.4. The van der Waals surface area contributed by atoms with E-state index < -0.39 is 0 Å². The van der Waals surface area contributed by atoms with Gasteiger partial charge in [-0.2, -0.15) is 5.10 Å². The summed E-state index contributed by atoms with van der Waals surface area (Å²) in [4.78, 5) is 18.1. The molecule has 27 heavy (non-hydrogen) atoms. The zero-order chi connectivity index (χ0) is 18.8. The quantitative estimate of drug-likeness (QED) is 0.660. The lowest BCUT2D eigenvalue weighted by molar-refractivity contribution is -0.126. The van der Waals surface area contributed by atoms with Crippen molar-refractivity contribution in [1.29, 1.82) is 0 Å². The summed E-state index contributed by atoms with van der Waals surface area (Å²) < 4.78 is 15.3. The molecule has 5 nitrogen and oxygen atoms in total. The van der Waals surface area contributed by atoms with E-state index in [4.69, 9.17) is 5.10 Å². The van der Waals surface area contributed by atoms with Crippen LogP contribution in [-0.2, 0) is 17.9 Å². The first-order valence-electron chi connectivity index (χ1n) is 8.65. The Kier molecular flexibility index (Phi) is 4.43. The first kappa shape index (κ1) is 17.0. The van der Waals surface area contributed by atoms with Crippen LogP contribution in [0.3, 0.4) is 0 Å². The van der Waals surface area contributed by atoms with Gasteiger partial charge in [-0.05, 0) is 54.8 Å². The molecule has 4 rings (SSSR count). The minimum atomic E-state index is -0.289. The Morgan fingerprint density at radius 3 is 2.52 bits per heavy atom. The highest BCUT2D eigenvalue weighted by atomic mass is 19.1. The number of nitrogens with zero attached hydrogens (tertiary/aromatic N) is 4. The predicted molar refractivity (Wildman–Crippen MR) is 99.7 cm³/mol. The fourth-order valence-electron chi connectivity index (χ4n) is 3.31. The van der Waals surface area contributed by atoms with Gasteiger partial charge in [-0.15, -0.1) is 0 Å². The van der Waals surface area contributed by atoms with Gasteiger partial charge >= 0.3 is 0 Å². The summed E-state index contributed by atoms with van der Waals surface area (Å²) in [5.74, 6) is 4.79. The van der Waals surface area contributed by atoms with Crippen molar-refractivity contribution in [2.24, 2.45) is 0 Å². The maximum Gasteiger partial charge on any atom is 0.298 e. The van der Waals surface area contributed by atoms with Crippen LogP contribution in [0.1, 0.15) is 12.6 Å². The fraction of sp³-hybridized carbons (Fsp3) is 0.190. The van der Waals surface area contributed by atoms with Crippen molar-refractivity contribution in [3.8, 4) is 34.2 Å². The highest BCUT2D eigenvalue weighted by Crippen LogP contribution is 2.36. The Labute approximate surface area is 156 Å². The van der Waals surface area contributed by atoms with Gasteiger partial charge in [-0.1, -0.05) is 5.92 Å². The molecule has 0 bridgehead atoms. The van der Waals surface area contributed by atoms with Crippen molar-refractivity contribution in [3.05, 3.63) is 60.3 Å². The molecule has 134 valence electrons. The Morgan fingerprint density at radius 2 is 1.81 bits per heavy atom. The number of hydrogen-bond acceptors (Lipinski definition) is 3. The average Bonchev–Trinajstić information content (AvgIpc) is 3.08. The average molecular weight is 360 g/mol. The molecule has 1 aliphatic heterocycles. The van der Waals surface area contributed by atoms with E-state index in [0.29, 0.717) is 19.6 Å². The maximum atomic E-state index is 13.4. The molecular weight excluding hydrogens is 343 g/mol. The van der Waals surface area contributed by atoms with Gasteiger partial charge in [0.2, 0.25) is 0 Å². The summed E-state index contributed by atoms with van der Waals surface area (Å²) in [5.41, 5.74) is 4.44. The second-order valence-electron chi connectivity index (χ2n) is 6.24. The first-order valence-corrected chi connectivity index (χ1v) is 8.65. The summed E-state index contributed by atoms with van der Waals surface area (Å²) in [5, 5.41) is 4.77. The second kappa shape index (κ2) is 7.04. The number of rotatable bonds is 2. The molecule has 0 fully saturated rings. The molecule has 0 radical (unpaired) electrons. The third-order valence-electron chi connectivity index (χ3n) is 4.59. The van der Waals surface area contributed by atoms with E-state index in [9.17, 15) is 9.18 Å². The van der Waals surface area contributed by atoms with Gasteiger partial charge in [0.05, 0.1) is 18.8 Å². The van der Waals surface area contributed by atoms with Crippen molar-refractivity contribution >= 4 is 5.91 Å². The minimum absolute atomic E-state index is 0.186. The summed E-state index contributed by atoms with van der Waals surface area (Å²) in [6, 6.07) is 10.1. The smallest absolute Gasteiger partial charge is 0.298 e. The van der Waals surface area contributed by atoms with Gasteiger partial charge in [0.15, 0.2) is 0 Å². The Morgan fingerprint density at radius 1 is 1.07 bits per heavy atom. The number of fused-ring (bicyclic) bond motifs is 1. The third-order valence-corrected chi connectivity index (χ3v) is 4.59.